The van der Waals surface area contributed by atoms with Gasteiger partial charge in [-0.05, 0) is 55.2 Å². The number of aryl methyl sites for hydroxylation is 1. The van der Waals surface area contributed by atoms with Gasteiger partial charge in [0, 0.05) is 47.4 Å². The molecule has 0 bridgehead atoms. The molecule has 4 rings (SSSR count). The Kier molecular flexibility index (Phi) is 8.57. The van der Waals surface area contributed by atoms with Gasteiger partial charge in [0.15, 0.2) is 0 Å². The highest BCUT2D eigenvalue weighted by Crippen LogP contribution is 2.28. The molecule has 1 saturated heterocycles. The quantitative estimate of drug-likeness (QED) is 0.280. The van der Waals surface area contributed by atoms with E-state index in [1.165, 1.54) is 34.1 Å². The number of carbonyl (C=O) groups excluding carboxylic acids is 1. The fraction of sp³-hybridized carbons (Fsp3) is 0.346. The first-order chi connectivity index (χ1) is 17.8. The molecular weight excluding hydrogens is 512 g/mol. The minimum atomic E-state index is -3.61. The van der Waals surface area contributed by atoms with E-state index in [2.05, 4.69) is 29.7 Å². The van der Waals surface area contributed by atoms with Gasteiger partial charge in [0.2, 0.25) is 0 Å². The smallest absolute Gasteiger partial charge is 0.269 e. The van der Waals surface area contributed by atoms with Crippen LogP contribution in [-0.4, -0.2) is 42.7 Å². The molecule has 0 radical (unpaired) electrons. The highest BCUT2D eigenvalue weighted by atomic mass is 32.2. The molecule has 9 nitrogen and oxygen atoms in total. The Bertz CT molecular complexity index is 1350. The minimum absolute atomic E-state index is 0.0919. The van der Waals surface area contributed by atoms with Gasteiger partial charge in [0.25, 0.3) is 21.6 Å². The third-order valence-electron chi connectivity index (χ3n) is 6.34. The summed E-state index contributed by atoms with van der Waals surface area (Å²) in [5.74, 6) is -0.386. The number of nitrogens with one attached hydrogen (secondary N) is 2. The first-order valence-electron chi connectivity index (χ1n) is 12.2. The summed E-state index contributed by atoms with van der Waals surface area (Å²) < 4.78 is 28.2. The normalized spacial score (nSPS) is 14.8. The number of carbonyl (C=O) groups is 1. The largest absolute Gasteiger partial charge is 0.382 e. The molecule has 2 heterocycles. The SMILES string of the molecule is CCCc1ccccc1NC1CCN(S(=O)(=O)c2ccc(CNC(=O)c3ccc([N+](=O)[O-])cc3)s2)CC1. The number of anilines is 1. The van der Waals surface area contributed by atoms with Gasteiger partial charge in [-0.2, -0.15) is 4.31 Å². The molecule has 0 spiro atoms. The number of nitro benzene ring substituents is 1. The fourth-order valence-corrected chi connectivity index (χ4v) is 7.25. The molecule has 2 aromatic carbocycles. The molecular formula is C26H30N4O5S2. The molecule has 1 fully saturated rings. The number of benzene rings is 2. The number of amides is 1. The Balaban J connectivity index is 1.31. The van der Waals surface area contributed by atoms with E-state index in [-0.39, 0.29) is 28.4 Å². The molecule has 1 aromatic heterocycles. The van der Waals surface area contributed by atoms with Crippen LogP contribution in [0.5, 0.6) is 0 Å². The van der Waals surface area contributed by atoms with E-state index in [4.69, 9.17) is 0 Å². The van der Waals surface area contributed by atoms with Crippen molar-refractivity contribution in [1.29, 1.82) is 0 Å². The van der Waals surface area contributed by atoms with Gasteiger partial charge in [-0.1, -0.05) is 31.5 Å². The van der Waals surface area contributed by atoms with Crippen molar-refractivity contribution in [3.63, 3.8) is 0 Å². The first-order valence-corrected chi connectivity index (χ1v) is 14.5. The second-order valence-corrected chi connectivity index (χ2v) is 12.3. The molecule has 2 N–H and O–H groups in total. The molecule has 3 aromatic rings. The summed E-state index contributed by atoms with van der Waals surface area (Å²) in [4.78, 5) is 23.3. The Hall–Kier alpha value is -3.28. The van der Waals surface area contributed by atoms with E-state index >= 15 is 0 Å². The molecule has 0 saturated carbocycles. The third-order valence-corrected chi connectivity index (χ3v) is 9.80. The molecule has 11 heteroatoms. The molecule has 196 valence electrons. The molecule has 1 amide bonds. The maximum atomic E-state index is 13.2. The van der Waals surface area contributed by atoms with Crippen LogP contribution >= 0.6 is 11.3 Å². The average Bonchev–Trinajstić information content (AvgIpc) is 3.39. The number of para-hydroxylation sites is 1. The third kappa shape index (κ3) is 6.54. The van der Waals surface area contributed by atoms with Crippen molar-refractivity contribution < 1.29 is 18.1 Å². The van der Waals surface area contributed by atoms with E-state index in [1.807, 2.05) is 12.1 Å². The summed E-state index contributed by atoms with van der Waals surface area (Å²) in [7, 11) is -3.61. The van der Waals surface area contributed by atoms with Crippen molar-refractivity contribution >= 4 is 38.6 Å². The van der Waals surface area contributed by atoms with E-state index in [9.17, 15) is 23.3 Å². The van der Waals surface area contributed by atoms with Crippen LogP contribution in [0.4, 0.5) is 11.4 Å². The lowest BCUT2D eigenvalue weighted by molar-refractivity contribution is -0.384. The summed E-state index contributed by atoms with van der Waals surface area (Å²) in [6.07, 6.45) is 3.52. The Morgan fingerprint density at radius 3 is 2.46 bits per heavy atom. The standard InChI is InChI=1S/C26H30N4O5S2/c1-2-5-19-6-3-4-7-24(19)28-21-14-16-29(17-15-21)37(34,35)25-13-12-23(36-25)18-27-26(31)20-8-10-22(11-9-20)30(32)33/h3-4,6-13,21,28H,2,5,14-18H2,1H3,(H,27,31). The van der Waals surface area contributed by atoms with Crippen LogP contribution < -0.4 is 10.6 Å². The number of nitro groups is 1. The van der Waals surface area contributed by atoms with Gasteiger partial charge in [-0.25, -0.2) is 8.42 Å². The molecule has 0 aliphatic carbocycles. The molecule has 37 heavy (non-hydrogen) atoms. The Morgan fingerprint density at radius 2 is 1.78 bits per heavy atom. The van der Waals surface area contributed by atoms with Crippen LogP contribution in [0.1, 0.15) is 47.0 Å². The van der Waals surface area contributed by atoms with Gasteiger partial charge in [0.1, 0.15) is 4.21 Å². The Labute approximate surface area is 220 Å². The maximum Gasteiger partial charge on any atom is 0.269 e. The van der Waals surface area contributed by atoms with Crippen molar-refractivity contribution in [2.24, 2.45) is 0 Å². The van der Waals surface area contributed by atoms with Crippen molar-refractivity contribution in [2.75, 3.05) is 18.4 Å². The van der Waals surface area contributed by atoms with Crippen LogP contribution in [0.25, 0.3) is 0 Å². The number of piperidine rings is 1. The highest BCUT2D eigenvalue weighted by molar-refractivity contribution is 7.91. The molecule has 1 aliphatic heterocycles. The summed E-state index contributed by atoms with van der Waals surface area (Å²) in [5, 5.41) is 17.1. The number of hydrogen-bond donors (Lipinski definition) is 2. The Morgan fingerprint density at radius 1 is 1.08 bits per heavy atom. The molecule has 0 unspecified atom stereocenters. The van der Waals surface area contributed by atoms with Gasteiger partial charge in [-0.3, -0.25) is 14.9 Å². The van der Waals surface area contributed by atoms with E-state index in [0.717, 1.165) is 42.7 Å². The number of nitrogens with zero attached hydrogens (tertiary/aromatic N) is 2. The summed E-state index contributed by atoms with van der Waals surface area (Å²) >= 11 is 1.14. The predicted octanol–water partition coefficient (Wildman–Crippen LogP) is 4.80. The number of non-ortho nitro benzene ring substituents is 1. The zero-order valence-electron chi connectivity index (χ0n) is 20.6. The highest BCUT2D eigenvalue weighted by Gasteiger charge is 2.30. The van der Waals surface area contributed by atoms with E-state index in [0.29, 0.717) is 23.5 Å². The lowest BCUT2D eigenvalue weighted by Gasteiger charge is -2.32. The number of rotatable bonds is 10. The lowest BCUT2D eigenvalue weighted by atomic mass is 10.0. The topological polar surface area (TPSA) is 122 Å². The van der Waals surface area contributed by atoms with Gasteiger partial charge in [0.05, 0.1) is 11.5 Å². The average molecular weight is 543 g/mol. The first kappa shape index (κ1) is 26.8. The van der Waals surface area contributed by atoms with Crippen LogP contribution in [0.15, 0.2) is 64.9 Å². The number of sulfonamides is 1. The number of thiophene rings is 1. The summed E-state index contributed by atoms with van der Waals surface area (Å²) in [5.41, 5.74) is 2.62. The van der Waals surface area contributed by atoms with Gasteiger partial charge in [-0.15, -0.1) is 11.3 Å². The lowest BCUT2D eigenvalue weighted by Crippen LogP contribution is -2.42. The number of hydrogen-bond acceptors (Lipinski definition) is 7. The zero-order valence-corrected chi connectivity index (χ0v) is 22.2. The molecule has 1 aliphatic rings. The van der Waals surface area contributed by atoms with Crippen molar-refractivity contribution in [1.82, 2.24) is 9.62 Å². The van der Waals surface area contributed by atoms with Crippen molar-refractivity contribution in [2.45, 2.75) is 49.4 Å². The predicted molar refractivity (Wildman–Crippen MR) is 144 cm³/mol. The summed E-state index contributed by atoms with van der Waals surface area (Å²) in [6.45, 7) is 3.21. The van der Waals surface area contributed by atoms with Crippen LogP contribution in [-0.2, 0) is 23.0 Å². The zero-order chi connectivity index (χ0) is 26.4. The van der Waals surface area contributed by atoms with Crippen molar-refractivity contribution in [3.05, 3.63) is 86.8 Å². The maximum absolute atomic E-state index is 13.2. The van der Waals surface area contributed by atoms with Crippen LogP contribution in [0.3, 0.4) is 0 Å². The minimum Gasteiger partial charge on any atom is -0.382 e. The summed E-state index contributed by atoms with van der Waals surface area (Å²) in [6, 6.07) is 17.1. The second-order valence-electron chi connectivity index (χ2n) is 8.94. The second kappa shape index (κ2) is 11.8. The fourth-order valence-electron chi connectivity index (χ4n) is 4.33. The van der Waals surface area contributed by atoms with E-state index < -0.39 is 14.9 Å². The van der Waals surface area contributed by atoms with Crippen molar-refractivity contribution in [3.8, 4) is 0 Å². The van der Waals surface area contributed by atoms with Gasteiger partial charge >= 0.3 is 0 Å². The van der Waals surface area contributed by atoms with Crippen LogP contribution in [0, 0.1) is 10.1 Å². The van der Waals surface area contributed by atoms with E-state index in [1.54, 1.807) is 12.1 Å². The van der Waals surface area contributed by atoms with Gasteiger partial charge < -0.3 is 10.6 Å². The van der Waals surface area contributed by atoms with Crippen LogP contribution in [0.2, 0.25) is 0 Å². The monoisotopic (exact) mass is 542 g/mol. The molecule has 0 atom stereocenters.